The van der Waals surface area contributed by atoms with Crippen LogP contribution in [0.25, 0.3) is 0 Å². The second kappa shape index (κ2) is 7.37. The van der Waals surface area contributed by atoms with E-state index < -0.39 is 0 Å². The lowest BCUT2D eigenvalue weighted by Crippen LogP contribution is -2.41. The number of hydrogen-bond donors (Lipinski definition) is 1. The largest absolute Gasteiger partial charge is 0.472 e. The van der Waals surface area contributed by atoms with E-state index in [4.69, 9.17) is 9.15 Å². The molecule has 0 aliphatic carbocycles. The van der Waals surface area contributed by atoms with Crippen LogP contribution in [0.4, 0.5) is 5.69 Å². The molecule has 4 rings (SSSR count). The van der Waals surface area contributed by atoms with E-state index in [1.807, 2.05) is 24.5 Å². The molecule has 6 nitrogen and oxygen atoms in total. The Morgan fingerprint density at radius 1 is 1.40 bits per heavy atom. The van der Waals surface area contributed by atoms with Crippen molar-refractivity contribution in [3.8, 4) is 0 Å². The van der Waals surface area contributed by atoms with E-state index in [1.54, 1.807) is 18.7 Å². The molecule has 3 atom stereocenters. The molecule has 2 aliphatic heterocycles. The molecule has 1 amide bonds. The third-order valence-electron chi connectivity index (χ3n) is 5.20. The Kier molecular flexibility index (Phi) is 4.81. The molecule has 2 aromatic rings. The van der Waals surface area contributed by atoms with Crippen LogP contribution in [0.5, 0.6) is 0 Å². The molecule has 2 fully saturated rings. The maximum atomic E-state index is 12.3. The lowest BCUT2D eigenvalue weighted by molar-refractivity contribution is -0.118. The Morgan fingerprint density at radius 3 is 3.16 bits per heavy atom. The van der Waals surface area contributed by atoms with Crippen LogP contribution in [0.15, 0.2) is 47.5 Å². The van der Waals surface area contributed by atoms with Gasteiger partial charge in [0.2, 0.25) is 5.91 Å². The van der Waals surface area contributed by atoms with Gasteiger partial charge >= 0.3 is 0 Å². The number of likely N-dealkylation sites (tertiary alicyclic amines) is 1. The standard InChI is InChI=1S/C19H23N3O3/c23-19(21-16-2-1-5-20-9-16)8-18-17-3-6-22(11-15(17)13-25-18)10-14-4-7-24-12-14/h1-2,4-5,7,9,12,15,17-18H,3,6,8,10-11,13H2,(H,21,23)/t15-,17-,18-/m1/s1. The van der Waals surface area contributed by atoms with E-state index in [0.717, 1.165) is 38.3 Å². The van der Waals surface area contributed by atoms with Crippen LogP contribution < -0.4 is 5.32 Å². The fourth-order valence-corrected chi connectivity index (χ4v) is 3.99. The predicted octanol–water partition coefficient (Wildman–Crippen LogP) is 2.54. The van der Waals surface area contributed by atoms with Crippen LogP contribution in [0, 0.1) is 11.8 Å². The number of carbonyl (C=O) groups excluding carboxylic acids is 1. The lowest BCUT2D eigenvalue weighted by atomic mass is 9.83. The molecule has 2 saturated heterocycles. The van der Waals surface area contributed by atoms with Gasteiger partial charge in [0.25, 0.3) is 0 Å². The van der Waals surface area contributed by atoms with Gasteiger partial charge in [-0.2, -0.15) is 0 Å². The molecular formula is C19H23N3O3. The number of piperidine rings is 1. The van der Waals surface area contributed by atoms with E-state index >= 15 is 0 Å². The molecular weight excluding hydrogens is 318 g/mol. The number of carbonyl (C=O) groups is 1. The SMILES string of the molecule is O=C(C[C@H]1OC[C@H]2CN(Cc3ccoc3)CC[C@H]21)Nc1cccnc1. The number of aromatic nitrogens is 1. The van der Waals surface area contributed by atoms with Gasteiger partial charge in [-0.25, -0.2) is 0 Å². The van der Waals surface area contributed by atoms with Gasteiger partial charge in [0.1, 0.15) is 0 Å². The first-order valence-electron chi connectivity index (χ1n) is 8.83. The van der Waals surface area contributed by atoms with E-state index in [1.165, 1.54) is 5.56 Å². The molecule has 0 aromatic carbocycles. The Hall–Kier alpha value is -2.18. The van der Waals surface area contributed by atoms with Crippen molar-refractivity contribution in [1.82, 2.24) is 9.88 Å². The molecule has 1 N–H and O–H groups in total. The number of fused-ring (bicyclic) bond motifs is 1. The first-order chi connectivity index (χ1) is 12.3. The highest BCUT2D eigenvalue weighted by atomic mass is 16.5. The van der Waals surface area contributed by atoms with Crippen LogP contribution in [-0.2, 0) is 16.1 Å². The fourth-order valence-electron chi connectivity index (χ4n) is 3.99. The Labute approximate surface area is 147 Å². The zero-order valence-electron chi connectivity index (χ0n) is 14.1. The molecule has 0 bridgehead atoms. The van der Waals surface area contributed by atoms with Gasteiger partial charge in [0.15, 0.2) is 0 Å². The first kappa shape index (κ1) is 16.3. The summed E-state index contributed by atoms with van der Waals surface area (Å²) in [6.45, 7) is 3.73. The number of amides is 1. The molecule has 25 heavy (non-hydrogen) atoms. The monoisotopic (exact) mass is 341 g/mol. The minimum atomic E-state index is -0.000485. The van der Waals surface area contributed by atoms with Crippen molar-refractivity contribution < 1.29 is 13.9 Å². The van der Waals surface area contributed by atoms with Crippen molar-refractivity contribution in [3.05, 3.63) is 48.7 Å². The zero-order valence-corrected chi connectivity index (χ0v) is 14.1. The molecule has 0 radical (unpaired) electrons. The molecule has 2 aliphatic rings. The topological polar surface area (TPSA) is 67.6 Å². The number of hydrogen-bond acceptors (Lipinski definition) is 5. The minimum Gasteiger partial charge on any atom is -0.472 e. The summed E-state index contributed by atoms with van der Waals surface area (Å²) in [5, 5.41) is 2.90. The minimum absolute atomic E-state index is 0.000485. The van der Waals surface area contributed by atoms with Crippen molar-refractivity contribution in [3.63, 3.8) is 0 Å². The summed E-state index contributed by atoms with van der Waals surface area (Å²) in [5.41, 5.74) is 1.95. The Bertz CT molecular complexity index is 689. The van der Waals surface area contributed by atoms with Crippen LogP contribution in [0.1, 0.15) is 18.4 Å². The summed E-state index contributed by atoms with van der Waals surface area (Å²) >= 11 is 0. The number of anilines is 1. The quantitative estimate of drug-likeness (QED) is 0.905. The van der Waals surface area contributed by atoms with Gasteiger partial charge in [-0.1, -0.05) is 0 Å². The van der Waals surface area contributed by atoms with Crippen molar-refractivity contribution in [1.29, 1.82) is 0 Å². The van der Waals surface area contributed by atoms with Gasteiger partial charge in [0.05, 0.1) is 43.5 Å². The summed E-state index contributed by atoms with van der Waals surface area (Å²) in [4.78, 5) is 18.7. The average Bonchev–Trinajstić information content (AvgIpc) is 3.26. The van der Waals surface area contributed by atoms with Gasteiger partial charge in [-0.05, 0) is 37.1 Å². The second-order valence-electron chi connectivity index (χ2n) is 6.95. The number of nitrogens with one attached hydrogen (secondary N) is 1. The van der Waals surface area contributed by atoms with Crippen molar-refractivity contribution in [2.24, 2.45) is 11.8 Å². The van der Waals surface area contributed by atoms with Crippen LogP contribution in [0.3, 0.4) is 0 Å². The molecule has 6 heteroatoms. The Balaban J connectivity index is 1.29. The molecule has 132 valence electrons. The van der Waals surface area contributed by atoms with E-state index in [-0.39, 0.29) is 12.0 Å². The van der Waals surface area contributed by atoms with Crippen molar-refractivity contribution in [2.45, 2.75) is 25.5 Å². The second-order valence-corrected chi connectivity index (χ2v) is 6.95. The third-order valence-corrected chi connectivity index (χ3v) is 5.20. The summed E-state index contributed by atoms with van der Waals surface area (Å²) in [6, 6.07) is 5.67. The Morgan fingerprint density at radius 2 is 2.36 bits per heavy atom. The highest BCUT2D eigenvalue weighted by Gasteiger charge is 2.41. The van der Waals surface area contributed by atoms with E-state index in [2.05, 4.69) is 15.2 Å². The maximum absolute atomic E-state index is 12.3. The van der Waals surface area contributed by atoms with Crippen LogP contribution in [-0.4, -0.2) is 41.6 Å². The third kappa shape index (κ3) is 3.91. The van der Waals surface area contributed by atoms with Crippen LogP contribution >= 0.6 is 0 Å². The number of nitrogens with zero attached hydrogens (tertiary/aromatic N) is 2. The smallest absolute Gasteiger partial charge is 0.227 e. The zero-order chi connectivity index (χ0) is 17.1. The van der Waals surface area contributed by atoms with E-state index in [9.17, 15) is 4.79 Å². The molecule has 0 saturated carbocycles. The predicted molar refractivity (Wildman–Crippen MR) is 92.8 cm³/mol. The van der Waals surface area contributed by atoms with Crippen LogP contribution in [0.2, 0.25) is 0 Å². The molecule has 2 aromatic heterocycles. The first-order valence-corrected chi connectivity index (χ1v) is 8.83. The number of ether oxygens (including phenoxy) is 1. The molecule has 4 heterocycles. The normalized spacial score (nSPS) is 26.3. The van der Waals surface area contributed by atoms with Gasteiger partial charge < -0.3 is 14.5 Å². The van der Waals surface area contributed by atoms with Gasteiger partial charge in [0, 0.05) is 30.8 Å². The number of rotatable bonds is 5. The summed E-state index contributed by atoms with van der Waals surface area (Å²) in [5.74, 6) is 0.983. The van der Waals surface area contributed by atoms with Crippen molar-refractivity contribution in [2.75, 3.05) is 25.0 Å². The summed E-state index contributed by atoms with van der Waals surface area (Å²) < 4.78 is 11.1. The van der Waals surface area contributed by atoms with Gasteiger partial charge in [-0.3, -0.25) is 14.7 Å². The maximum Gasteiger partial charge on any atom is 0.227 e. The number of furan rings is 1. The van der Waals surface area contributed by atoms with Gasteiger partial charge in [-0.15, -0.1) is 0 Å². The fraction of sp³-hybridized carbons (Fsp3) is 0.474. The highest BCUT2D eigenvalue weighted by Crippen LogP contribution is 2.36. The summed E-state index contributed by atoms with van der Waals surface area (Å²) in [7, 11) is 0. The van der Waals surface area contributed by atoms with E-state index in [0.29, 0.717) is 18.3 Å². The van der Waals surface area contributed by atoms with Crippen molar-refractivity contribution >= 4 is 11.6 Å². The highest BCUT2D eigenvalue weighted by molar-refractivity contribution is 5.90. The molecule has 0 spiro atoms. The lowest BCUT2D eigenvalue weighted by Gasteiger charge is -2.35. The number of pyridine rings is 1. The summed E-state index contributed by atoms with van der Waals surface area (Å²) in [6.07, 6.45) is 8.39. The average molecular weight is 341 g/mol. The molecule has 0 unspecified atom stereocenters.